The Kier molecular flexibility index (Phi) is 6.81. The van der Waals surface area contributed by atoms with Crippen LogP contribution in [0, 0.1) is 6.92 Å². The topological polar surface area (TPSA) is 72.7 Å². The Morgan fingerprint density at radius 2 is 1.93 bits per heavy atom. The number of hydrogen-bond acceptors (Lipinski definition) is 5. The molecule has 1 amide bonds. The highest BCUT2D eigenvalue weighted by Crippen LogP contribution is 2.29. The Hall–Kier alpha value is -2.67. The molecule has 0 radical (unpaired) electrons. The molecule has 6 nitrogen and oxygen atoms in total. The van der Waals surface area contributed by atoms with Crippen LogP contribution in [0.1, 0.15) is 32.3 Å². The van der Waals surface area contributed by atoms with Gasteiger partial charge in [-0.05, 0) is 43.5 Å². The number of carbonyl (C=O) groups excluding carboxylic acids is 1. The highest BCUT2D eigenvalue weighted by atomic mass is 32.2. The first-order chi connectivity index (χ1) is 13.6. The van der Waals surface area contributed by atoms with Gasteiger partial charge in [0.25, 0.3) is 0 Å². The molecule has 3 aromatic rings. The normalized spacial score (nSPS) is 11.0. The standard InChI is InChI=1S/C21H25N5OS/c1-4-17(5-2)23-19(27)14-28-21-25-24-20(16-10-8-12-22-13-16)26(21)18-11-7-6-9-15(18)3/h6-13,17H,4-5,14H2,1-3H3,(H,23,27). The Morgan fingerprint density at radius 1 is 1.14 bits per heavy atom. The highest BCUT2D eigenvalue weighted by molar-refractivity contribution is 7.99. The van der Waals surface area contributed by atoms with Gasteiger partial charge in [0.15, 0.2) is 11.0 Å². The number of benzene rings is 1. The smallest absolute Gasteiger partial charge is 0.230 e. The number of nitrogens with one attached hydrogen (secondary N) is 1. The SMILES string of the molecule is CCC(CC)NC(=O)CSc1nnc(-c2cccnc2)n1-c1ccccc1C. The summed E-state index contributed by atoms with van der Waals surface area (Å²) in [5.41, 5.74) is 2.98. The molecule has 0 aliphatic carbocycles. The van der Waals surface area contributed by atoms with Crippen molar-refractivity contribution in [2.24, 2.45) is 0 Å². The molecule has 2 aromatic heterocycles. The van der Waals surface area contributed by atoms with E-state index in [9.17, 15) is 4.79 Å². The zero-order chi connectivity index (χ0) is 19.9. The molecule has 0 saturated carbocycles. The summed E-state index contributed by atoms with van der Waals surface area (Å²) in [6.45, 7) is 6.21. The number of para-hydroxylation sites is 1. The Bertz CT molecular complexity index is 922. The maximum atomic E-state index is 12.3. The molecule has 0 bridgehead atoms. The van der Waals surface area contributed by atoms with Crippen molar-refractivity contribution >= 4 is 17.7 Å². The van der Waals surface area contributed by atoms with Gasteiger partial charge in [-0.15, -0.1) is 10.2 Å². The number of aryl methyl sites for hydroxylation is 1. The van der Waals surface area contributed by atoms with Gasteiger partial charge in [0.2, 0.25) is 5.91 Å². The second-order valence-electron chi connectivity index (χ2n) is 6.54. The maximum absolute atomic E-state index is 12.3. The van der Waals surface area contributed by atoms with Crippen LogP contribution < -0.4 is 5.32 Å². The Labute approximate surface area is 169 Å². The Balaban J connectivity index is 1.91. The number of pyridine rings is 1. The van der Waals surface area contributed by atoms with Crippen molar-refractivity contribution in [2.75, 3.05) is 5.75 Å². The van der Waals surface area contributed by atoms with Gasteiger partial charge < -0.3 is 5.32 Å². The number of aromatic nitrogens is 4. The monoisotopic (exact) mass is 395 g/mol. The van der Waals surface area contributed by atoms with Gasteiger partial charge in [-0.3, -0.25) is 14.3 Å². The molecule has 0 spiro atoms. The van der Waals surface area contributed by atoms with Gasteiger partial charge in [0, 0.05) is 24.0 Å². The van der Waals surface area contributed by atoms with Crippen LogP contribution in [0.25, 0.3) is 17.1 Å². The zero-order valence-corrected chi connectivity index (χ0v) is 17.2. The van der Waals surface area contributed by atoms with Crippen LogP contribution in [-0.4, -0.2) is 37.5 Å². The van der Waals surface area contributed by atoms with Crippen molar-refractivity contribution < 1.29 is 4.79 Å². The summed E-state index contributed by atoms with van der Waals surface area (Å²) in [5, 5.41) is 12.5. The van der Waals surface area contributed by atoms with Crippen molar-refractivity contribution in [3.05, 3.63) is 54.4 Å². The molecule has 0 atom stereocenters. The van der Waals surface area contributed by atoms with E-state index in [0.29, 0.717) is 16.7 Å². The fourth-order valence-electron chi connectivity index (χ4n) is 2.97. The molecule has 0 aliphatic heterocycles. The minimum Gasteiger partial charge on any atom is -0.353 e. The van der Waals surface area contributed by atoms with Crippen molar-refractivity contribution in [3.63, 3.8) is 0 Å². The van der Waals surface area contributed by atoms with E-state index in [-0.39, 0.29) is 11.9 Å². The molecule has 146 valence electrons. The van der Waals surface area contributed by atoms with Gasteiger partial charge in [-0.1, -0.05) is 43.8 Å². The van der Waals surface area contributed by atoms with E-state index in [4.69, 9.17) is 0 Å². The molecule has 1 N–H and O–H groups in total. The predicted octanol–water partition coefficient (Wildman–Crippen LogP) is 4.03. The van der Waals surface area contributed by atoms with Crippen molar-refractivity contribution in [3.8, 4) is 17.1 Å². The van der Waals surface area contributed by atoms with E-state index in [1.54, 1.807) is 12.4 Å². The van der Waals surface area contributed by atoms with Crippen molar-refractivity contribution in [1.82, 2.24) is 25.1 Å². The fourth-order valence-corrected chi connectivity index (χ4v) is 3.73. The number of rotatable bonds is 8. The molecule has 0 fully saturated rings. The third-order valence-corrected chi connectivity index (χ3v) is 5.52. The molecule has 3 rings (SSSR count). The fraction of sp³-hybridized carbons (Fsp3) is 0.333. The maximum Gasteiger partial charge on any atom is 0.230 e. The third-order valence-electron chi connectivity index (χ3n) is 4.59. The largest absolute Gasteiger partial charge is 0.353 e. The summed E-state index contributed by atoms with van der Waals surface area (Å²) in [4.78, 5) is 16.5. The Morgan fingerprint density at radius 3 is 2.61 bits per heavy atom. The number of thioether (sulfide) groups is 1. The van der Waals surface area contributed by atoms with Crippen molar-refractivity contribution in [1.29, 1.82) is 0 Å². The molecule has 7 heteroatoms. The summed E-state index contributed by atoms with van der Waals surface area (Å²) in [7, 11) is 0. The lowest BCUT2D eigenvalue weighted by Gasteiger charge is -2.15. The average molecular weight is 396 g/mol. The van der Waals surface area contributed by atoms with E-state index in [2.05, 4.69) is 47.3 Å². The minimum atomic E-state index is 0.0148. The second kappa shape index (κ2) is 9.50. The first-order valence-electron chi connectivity index (χ1n) is 9.48. The van der Waals surface area contributed by atoms with E-state index < -0.39 is 0 Å². The van der Waals surface area contributed by atoms with E-state index in [1.165, 1.54) is 11.8 Å². The summed E-state index contributed by atoms with van der Waals surface area (Å²) < 4.78 is 2.00. The molecule has 1 aromatic carbocycles. The molecular formula is C21H25N5OS. The summed E-state index contributed by atoms with van der Waals surface area (Å²) in [5.74, 6) is 1.03. The average Bonchev–Trinajstić information content (AvgIpc) is 3.15. The second-order valence-corrected chi connectivity index (χ2v) is 7.48. The quantitative estimate of drug-likeness (QED) is 0.583. The zero-order valence-electron chi connectivity index (χ0n) is 16.4. The van der Waals surface area contributed by atoms with Crippen LogP contribution in [0.4, 0.5) is 0 Å². The molecular weight excluding hydrogens is 370 g/mol. The van der Waals surface area contributed by atoms with E-state index in [1.807, 2.05) is 34.9 Å². The molecule has 0 unspecified atom stereocenters. The van der Waals surface area contributed by atoms with Crippen LogP contribution in [-0.2, 0) is 4.79 Å². The number of amides is 1. The van der Waals surface area contributed by atoms with Gasteiger partial charge in [0.1, 0.15) is 0 Å². The lowest BCUT2D eigenvalue weighted by Crippen LogP contribution is -2.35. The molecule has 0 saturated heterocycles. The summed E-state index contributed by atoms with van der Waals surface area (Å²) in [6.07, 6.45) is 5.36. The van der Waals surface area contributed by atoms with Crippen LogP contribution in [0.5, 0.6) is 0 Å². The minimum absolute atomic E-state index is 0.0148. The third kappa shape index (κ3) is 4.59. The van der Waals surface area contributed by atoms with Gasteiger partial charge in [0.05, 0.1) is 11.4 Å². The van der Waals surface area contributed by atoms with Gasteiger partial charge >= 0.3 is 0 Å². The number of hydrogen-bond donors (Lipinski definition) is 1. The van der Waals surface area contributed by atoms with Crippen LogP contribution in [0.15, 0.2) is 53.9 Å². The van der Waals surface area contributed by atoms with Crippen molar-refractivity contribution in [2.45, 2.75) is 44.8 Å². The molecule has 28 heavy (non-hydrogen) atoms. The van der Waals surface area contributed by atoms with Gasteiger partial charge in [-0.2, -0.15) is 0 Å². The summed E-state index contributed by atoms with van der Waals surface area (Å²) in [6, 6.07) is 12.1. The predicted molar refractivity (Wildman–Crippen MR) is 113 cm³/mol. The number of nitrogens with zero attached hydrogens (tertiary/aromatic N) is 4. The van der Waals surface area contributed by atoms with Gasteiger partial charge in [-0.25, -0.2) is 0 Å². The lowest BCUT2D eigenvalue weighted by atomic mass is 10.2. The molecule has 0 aliphatic rings. The summed E-state index contributed by atoms with van der Waals surface area (Å²) >= 11 is 1.39. The van der Waals surface area contributed by atoms with Crippen LogP contribution >= 0.6 is 11.8 Å². The van der Waals surface area contributed by atoms with E-state index >= 15 is 0 Å². The first kappa shape index (κ1) is 20.1. The molecule has 2 heterocycles. The van der Waals surface area contributed by atoms with Crippen LogP contribution in [0.2, 0.25) is 0 Å². The highest BCUT2D eigenvalue weighted by Gasteiger charge is 2.19. The van der Waals surface area contributed by atoms with E-state index in [0.717, 1.165) is 29.7 Å². The van der Waals surface area contributed by atoms with Crippen LogP contribution in [0.3, 0.4) is 0 Å². The first-order valence-corrected chi connectivity index (χ1v) is 10.5. The number of carbonyl (C=O) groups is 1. The lowest BCUT2D eigenvalue weighted by molar-refractivity contribution is -0.119.